The lowest BCUT2D eigenvalue weighted by Crippen LogP contribution is -1.98. The summed E-state index contributed by atoms with van der Waals surface area (Å²) in [4.78, 5) is 3.66. The number of benzene rings is 7. The lowest BCUT2D eigenvalue weighted by atomic mass is 9.94. The molecule has 0 atom stereocenters. The van der Waals surface area contributed by atoms with E-state index in [0.29, 0.717) is 16.8 Å². The summed E-state index contributed by atoms with van der Waals surface area (Å²) in [7, 11) is 0. The van der Waals surface area contributed by atoms with Gasteiger partial charge in [0, 0.05) is 27.4 Å². The minimum atomic E-state index is 0.546. The standard InChI is InChI=1S/C45H25N5/c1-48-33-18-23-45-40(26-33)39-24-29(27-46)14-22-44(39)50(45)41-11-5-2-8-36(41)31-17-21-35(32(25-31)28-47)30-15-19-34(20-16-30)49-42-12-6-3-9-37(42)38-10-4-7-13-43(38)49/h2-26H. The zero-order chi connectivity index (χ0) is 33.8. The molecule has 230 valence electrons. The Morgan fingerprint density at radius 1 is 0.480 bits per heavy atom. The Hall–Kier alpha value is -7.39. The Kier molecular flexibility index (Phi) is 6.56. The molecule has 5 nitrogen and oxygen atoms in total. The molecule has 9 aromatic rings. The third-order valence-corrected chi connectivity index (χ3v) is 9.62. The van der Waals surface area contributed by atoms with E-state index in [1.54, 1.807) is 0 Å². The first kappa shape index (κ1) is 28.8. The largest absolute Gasteiger partial charge is 0.309 e. The molecule has 0 spiro atoms. The molecule has 9 rings (SSSR count). The van der Waals surface area contributed by atoms with Crippen molar-refractivity contribution in [3.05, 3.63) is 174 Å². The Morgan fingerprint density at radius 3 is 1.80 bits per heavy atom. The Bertz CT molecular complexity index is 2830. The normalized spacial score (nSPS) is 11.1. The van der Waals surface area contributed by atoms with E-state index in [1.807, 2.05) is 60.7 Å². The van der Waals surface area contributed by atoms with Gasteiger partial charge in [-0.25, -0.2) is 4.85 Å². The maximum absolute atomic E-state index is 10.4. The molecule has 5 heteroatoms. The third-order valence-electron chi connectivity index (χ3n) is 9.62. The molecule has 0 saturated carbocycles. The Morgan fingerprint density at radius 2 is 1.10 bits per heavy atom. The lowest BCUT2D eigenvalue weighted by Gasteiger charge is -2.15. The van der Waals surface area contributed by atoms with Gasteiger partial charge in [-0.1, -0.05) is 84.9 Å². The molecule has 0 aliphatic carbocycles. The molecule has 0 bridgehead atoms. The van der Waals surface area contributed by atoms with E-state index in [4.69, 9.17) is 6.57 Å². The van der Waals surface area contributed by atoms with E-state index in [-0.39, 0.29) is 0 Å². The second kappa shape index (κ2) is 11.4. The predicted molar refractivity (Wildman–Crippen MR) is 202 cm³/mol. The molecule has 7 aromatic carbocycles. The van der Waals surface area contributed by atoms with Crippen LogP contribution in [0.5, 0.6) is 0 Å². The van der Waals surface area contributed by atoms with E-state index in [9.17, 15) is 10.5 Å². The highest BCUT2D eigenvalue weighted by molar-refractivity contribution is 6.11. The highest BCUT2D eigenvalue weighted by Gasteiger charge is 2.18. The van der Waals surface area contributed by atoms with Crippen molar-refractivity contribution in [1.82, 2.24) is 9.13 Å². The summed E-state index contributed by atoms with van der Waals surface area (Å²) < 4.78 is 4.47. The molecule has 2 heterocycles. The van der Waals surface area contributed by atoms with Crippen LogP contribution in [0.1, 0.15) is 11.1 Å². The van der Waals surface area contributed by atoms with Gasteiger partial charge in [-0.15, -0.1) is 0 Å². The number of para-hydroxylation sites is 3. The number of aromatic nitrogens is 2. The van der Waals surface area contributed by atoms with E-state index in [0.717, 1.165) is 66.5 Å². The fourth-order valence-corrected chi connectivity index (χ4v) is 7.37. The SMILES string of the molecule is [C-]#[N+]c1ccc2c(c1)c1cc(C#N)ccc1n2-c1ccccc1-c1ccc(-c2ccc(-n3c4ccccc4c4ccccc43)cc2)c(C#N)c1. The molecule has 0 N–H and O–H groups in total. The van der Waals surface area contributed by atoms with Crippen molar-refractivity contribution in [2.45, 2.75) is 0 Å². The van der Waals surface area contributed by atoms with E-state index >= 15 is 0 Å². The summed E-state index contributed by atoms with van der Waals surface area (Å²) >= 11 is 0. The van der Waals surface area contributed by atoms with Crippen LogP contribution in [0.3, 0.4) is 0 Å². The number of hydrogen-bond donors (Lipinski definition) is 0. The molecule has 2 aromatic heterocycles. The fourth-order valence-electron chi connectivity index (χ4n) is 7.37. The quantitative estimate of drug-likeness (QED) is 0.181. The van der Waals surface area contributed by atoms with Crippen molar-refractivity contribution in [3.63, 3.8) is 0 Å². The summed E-state index contributed by atoms with van der Waals surface area (Å²) in [5.74, 6) is 0. The van der Waals surface area contributed by atoms with Gasteiger partial charge in [-0.3, -0.25) is 0 Å². The highest BCUT2D eigenvalue weighted by Crippen LogP contribution is 2.39. The summed E-state index contributed by atoms with van der Waals surface area (Å²) in [6.45, 7) is 7.58. The van der Waals surface area contributed by atoms with Crippen LogP contribution in [-0.2, 0) is 0 Å². The molecule has 0 aliphatic heterocycles. The monoisotopic (exact) mass is 635 g/mol. The molecule has 0 saturated heterocycles. The predicted octanol–water partition coefficient (Wildman–Crippen LogP) is 11.5. The van der Waals surface area contributed by atoms with Gasteiger partial charge in [0.15, 0.2) is 5.69 Å². The first-order valence-corrected chi connectivity index (χ1v) is 16.3. The van der Waals surface area contributed by atoms with Crippen LogP contribution >= 0.6 is 0 Å². The van der Waals surface area contributed by atoms with Gasteiger partial charge in [-0.2, -0.15) is 10.5 Å². The maximum Gasteiger partial charge on any atom is 0.188 e. The molecular formula is C45H25N5. The summed E-state index contributed by atoms with van der Waals surface area (Å²) in [6.07, 6.45) is 0. The van der Waals surface area contributed by atoms with Gasteiger partial charge in [0.2, 0.25) is 0 Å². The van der Waals surface area contributed by atoms with Crippen LogP contribution in [-0.4, -0.2) is 9.13 Å². The minimum absolute atomic E-state index is 0.546. The van der Waals surface area contributed by atoms with Gasteiger partial charge in [-0.05, 0) is 88.8 Å². The minimum Gasteiger partial charge on any atom is -0.309 e. The molecule has 0 radical (unpaired) electrons. The van der Waals surface area contributed by atoms with Gasteiger partial charge in [0.25, 0.3) is 0 Å². The molecule has 50 heavy (non-hydrogen) atoms. The maximum atomic E-state index is 10.4. The average Bonchev–Trinajstić information content (AvgIpc) is 3.69. The Labute approximate surface area is 288 Å². The molecule has 0 fully saturated rings. The molecule has 0 unspecified atom stereocenters. The molecular weight excluding hydrogens is 611 g/mol. The number of nitrogens with zero attached hydrogens (tertiary/aromatic N) is 5. The van der Waals surface area contributed by atoms with Crippen molar-refractivity contribution >= 4 is 49.3 Å². The molecule has 0 aliphatic rings. The summed E-state index contributed by atoms with van der Waals surface area (Å²) in [6, 6.07) is 55.7. The van der Waals surface area contributed by atoms with Crippen molar-refractivity contribution in [2.24, 2.45) is 0 Å². The third kappa shape index (κ3) is 4.38. The van der Waals surface area contributed by atoms with Gasteiger partial charge in [0.05, 0.1) is 57.6 Å². The van der Waals surface area contributed by atoms with Gasteiger partial charge < -0.3 is 9.13 Å². The van der Waals surface area contributed by atoms with Crippen LogP contribution in [0, 0.1) is 29.2 Å². The first-order valence-electron chi connectivity index (χ1n) is 16.3. The van der Waals surface area contributed by atoms with Crippen molar-refractivity contribution < 1.29 is 0 Å². The molecule has 0 amide bonds. The number of hydrogen-bond acceptors (Lipinski definition) is 2. The number of fused-ring (bicyclic) bond motifs is 6. The second-order valence-corrected chi connectivity index (χ2v) is 12.3. The highest BCUT2D eigenvalue weighted by atomic mass is 15.0. The zero-order valence-corrected chi connectivity index (χ0v) is 26.7. The second-order valence-electron chi connectivity index (χ2n) is 12.3. The van der Waals surface area contributed by atoms with Crippen LogP contribution in [0.4, 0.5) is 5.69 Å². The fraction of sp³-hybridized carbons (Fsp3) is 0. The topological polar surface area (TPSA) is 61.8 Å². The van der Waals surface area contributed by atoms with E-state index < -0.39 is 0 Å². The number of rotatable bonds is 4. The van der Waals surface area contributed by atoms with Crippen molar-refractivity contribution in [2.75, 3.05) is 0 Å². The van der Waals surface area contributed by atoms with E-state index in [2.05, 4.69) is 117 Å². The summed E-state index contributed by atoms with van der Waals surface area (Å²) in [5, 5.41) is 24.3. The number of nitriles is 2. The Balaban J connectivity index is 1.15. The zero-order valence-electron chi connectivity index (χ0n) is 26.7. The smallest absolute Gasteiger partial charge is 0.188 e. The van der Waals surface area contributed by atoms with Crippen LogP contribution in [0.15, 0.2) is 152 Å². The van der Waals surface area contributed by atoms with E-state index in [1.165, 1.54) is 10.8 Å². The average molecular weight is 636 g/mol. The van der Waals surface area contributed by atoms with Crippen molar-refractivity contribution in [3.8, 4) is 45.8 Å². The van der Waals surface area contributed by atoms with Crippen LogP contribution in [0.25, 0.3) is 82.1 Å². The first-order chi connectivity index (χ1) is 24.7. The lowest BCUT2D eigenvalue weighted by molar-refractivity contribution is 1.18. The van der Waals surface area contributed by atoms with Crippen molar-refractivity contribution in [1.29, 1.82) is 10.5 Å². The van der Waals surface area contributed by atoms with Gasteiger partial charge >= 0.3 is 0 Å². The van der Waals surface area contributed by atoms with Crippen LogP contribution < -0.4 is 0 Å². The van der Waals surface area contributed by atoms with Crippen LogP contribution in [0.2, 0.25) is 0 Å². The van der Waals surface area contributed by atoms with Gasteiger partial charge in [0.1, 0.15) is 0 Å². The summed E-state index contributed by atoms with van der Waals surface area (Å²) in [5.41, 5.74) is 11.6.